The largest absolute Gasteiger partial charge is 0.507 e. The molecule has 0 aromatic rings. The van der Waals surface area contributed by atoms with Crippen LogP contribution in [0.5, 0.6) is 0 Å². The highest BCUT2D eigenvalue weighted by atomic mass is 16.3. The first kappa shape index (κ1) is 11.7. The molecule has 1 N–H and O–H groups in total. The lowest BCUT2D eigenvalue weighted by molar-refractivity contribution is 0.445. The van der Waals surface area contributed by atoms with Gasteiger partial charge in [0.1, 0.15) is 5.76 Å². The molecular weight excluding hydrogens is 126 g/mol. The zero-order chi connectivity index (χ0) is 8.57. The number of nitrogens with zero attached hydrogens (tertiary/aromatic N) is 1. The molecule has 0 aromatic heterocycles. The van der Waals surface area contributed by atoms with E-state index in [1.807, 2.05) is 13.8 Å². The molecule has 2 heteroatoms. The van der Waals surface area contributed by atoms with Gasteiger partial charge in [-0.3, -0.25) is 4.99 Å². The lowest BCUT2D eigenvalue weighted by Crippen LogP contribution is -1.91. The third kappa shape index (κ3) is 6.95. The molecule has 0 radical (unpaired) electrons. The van der Waals surface area contributed by atoms with Crippen LogP contribution < -0.4 is 0 Å². The maximum atomic E-state index is 8.58. The number of rotatable bonds is 2. The van der Waals surface area contributed by atoms with E-state index in [0.29, 0.717) is 5.71 Å². The summed E-state index contributed by atoms with van der Waals surface area (Å²) in [5.74, 6) is -0.00935. The van der Waals surface area contributed by atoms with Crippen LogP contribution in [0.15, 0.2) is 30.1 Å². The van der Waals surface area contributed by atoms with Gasteiger partial charge >= 0.3 is 0 Å². The van der Waals surface area contributed by atoms with Crippen LogP contribution in [-0.2, 0) is 0 Å². The minimum atomic E-state index is -0.00935. The summed E-state index contributed by atoms with van der Waals surface area (Å²) in [5.41, 5.74) is 0.500. The van der Waals surface area contributed by atoms with Crippen LogP contribution in [-0.4, -0.2) is 10.8 Å². The standard InChI is InChI=1S/C6H9NO.C2H6/c1-4-7-5(2)6(3)8;1-2/h4,8H,1,3H2,2H3;1-2H3. The lowest BCUT2D eigenvalue weighted by atomic mass is 10.4. The SMILES string of the molecule is C=CN=C(C)C(=C)O.CC. The predicted molar refractivity (Wildman–Crippen MR) is 46.4 cm³/mol. The minimum absolute atomic E-state index is 0.00935. The van der Waals surface area contributed by atoms with Crippen molar-refractivity contribution in [1.82, 2.24) is 0 Å². The van der Waals surface area contributed by atoms with Gasteiger partial charge in [-0.2, -0.15) is 0 Å². The summed E-state index contributed by atoms with van der Waals surface area (Å²) in [6.45, 7) is 12.3. The van der Waals surface area contributed by atoms with Crippen molar-refractivity contribution in [3.05, 3.63) is 25.1 Å². The molecule has 0 bridgehead atoms. The van der Waals surface area contributed by atoms with Crippen LogP contribution in [0, 0.1) is 0 Å². The highest BCUT2D eigenvalue weighted by molar-refractivity contribution is 5.95. The third-order valence-corrected chi connectivity index (χ3v) is 0.703. The summed E-state index contributed by atoms with van der Waals surface area (Å²) >= 11 is 0. The molecule has 0 saturated carbocycles. The number of hydrogen-bond donors (Lipinski definition) is 1. The van der Waals surface area contributed by atoms with E-state index in [0.717, 1.165) is 0 Å². The van der Waals surface area contributed by atoms with Crippen molar-refractivity contribution in [1.29, 1.82) is 0 Å². The first-order valence-corrected chi connectivity index (χ1v) is 3.22. The third-order valence-electron chi connectivity index (χ3n) is 0.703. The second-order valence-corrected chi connectivity index (χ2v) is 1.34. The van der Waals surface area contributed by atoms with Crippen LogP contribution >= 0.6 is 0 Å². The first-order valence-electron chi connectivity index (χ1n) is 3.22. The van der Waals surface area contributed by atoms with Crippen LogP contribution in [0.1, 0.15) is 20.8 Å². The van der Waals surface area contributed by atoms with E-state index in [9.17, 15) is 0 Å². The Kier molecular flexibility index (Phi) is 9.31. The van der Waals surface area contributed by atoms with Crippen molar-refractivity contribution in [2.24, 2.45) is 4.99 Å². The molecule has 0 fully saturated rings. The topological polar surface area (TPSA) is 32.6 Å². The van der Waals surface area contributed by atoms with E-state index in [1.54, 1.807) is 6.92 Å². The molecular formula is C8H15NO. The van der Waals surface area contributed by atoms with Gasteiger partial charge in [0.05, 0.1) is 5.71 Å². The van der Waals surface area contributed by atoms with E-state index in [1.165, 1.54) is 6.20 Å². The molecule has 10 heavy (non-hydrogen) atoms. The van der Waals surface area contributed by atoms with E-state index < -0.39 is 0 Å². The highest BCUT2D eigenvalue weighted by Gasteiger charge is 1.88. The number of aliphatic hydroxyl groups is 1. The normalized spacial score (nSPS) is 9.30. The van der Waals surface area contributed by atoms with Crippen molar-refractivity contribution >= 4 is 5.71 Å². The van der Waals surface area contributed by atoms with Crippen LogP contribution in [0.25, 0.3) is 0 Å². The van der Waals surface area contributed by atoms with Crippen molar-refractivity contribution in [3.63, 3.8) is 0 Å². The molecule has 0 saturated heterocycles. The van der Waals surface area contributed by atoms with Gasteiger partial charge in [0.25, 0.3) is 0 Å². The molecule has 0 aliphatic carbocycles. The Morgan fingerprint density at radius 2 is 1.90 bits per heavy atom. The number of aliphatic imine (C=N–C) groups is 1. The fraction of sp³-hybridized carbons (Fsp3) is 0.375. The molecule has 0 spiro atoms. The lowest BCUT2D eigenvalue weighted by Gasteiger charge is -1.90. The van der Waals surface area contributed by atoms with E-state index in [-0.39, 0.29) is 5.76 Å². The van der Waals surface area contributed by atoms with Gasteiger partial charge in [-0.25, -0.2) is 0 Å². The predicted octanol–water partition coefficient (Wildman–Crippen LogP) is 2.69. The zero-order valence-electron chi connectivity index (χ0n) is 6.89. The van der Waals surface area contributed by atoms with Gasteiger partial charge in [0.2, 0.25) is 0 Å². The van der Waals surface area contributed by atoms with Gasteiger partial charge in [0.15, 0.2) is 0 Å². The Labute approximate surface area is 62.6 Å². The highest BCUT2D eigenvalue weighted by Crippen LogP contribution is 1.87. The maximum absolute atomic E-state index is 8.58. The zero-order valence-corrected chi connectivity index (χ0v) is 6.89. The molecule has 0 atom stereocenters. The summed E-state index contributed by atoms with van der Waals surface area (Å²) in [5, 5.41) is 8.58. The Balaban J connectivity index is 0. The van der Waals surface area contributed by atoms with Gasteiger partial charge in [0, 0.05) is 6.20 Å². The number of aliphatic hydroxyl groups excluding tert-OH is 1. The summed E-state index contributed by atoms with van der Waals surface area (Å²) in [6, 6.07) is 0. The molecule has 2 nitrogen and oxygen atoms in total. The minimum Gasteiger partial charge on any atom is -0.507 e. The van der Waals surface area contributed by atoms with Crippen LogP contribution in [0.3, 0.4) is 0 Å². The summed E-state index contributed by atoms with van der Waals surface area (Å²) in [4.78, 5) is 3.66. The van der Waals surface area contributed by atoms with Crippen LogP contribution in [0.4, 0.5) is 0 Å². The van der Waals surface area contributed by atoms with Crippen molar-refractivity contribution in [3.8, 4) is 0 Å². The Morgan fingerprint density at radius 3 is 2.00 bits per heavy atom. The van der Waals surface area contributed by atoms with E-state index >= 15 is 0 Å². The van der Waals surface area contributed by atoms with Crippen molar-refractivity contribution in [2.45, 2.75) is 20.8 Å². The van der Waals surface area contributed by atoms with E-state index in [2.05, 4.69) is 18.2 Å². The molecule has 0 aromatic carbocycles. The molecule has 58 valence electrons. The van der Waals surface area contributed by atoms with Crippen LogP contribution in [0.2, 0.25) is 0 Å². The summed E-state index contributed by atoms with van der Waals surface area (Å²) < 4.78 is 0. The van der Waals surface area contributed by atoms with Gasteiger partial charge in [-0.05, 0) is 6.92 Å². The molecule has 0 amide bonds. The fourth-order valence-corrected chi connectivity index (χ4v) is 0.211. The number of hydrogen-bond acceptors (Lipinski definition) is 2. The summed E-state index contributed by atoms with van der Waals surface area (Å²) in [7, 11) is 0. The second kappa shape index (κ2) is 7.95. The molecule has 0 aliphatic heterocycles. The Bertz CT molecular complexity index is 136. The molecule has 0 aliphatic rings. The Hall–Kier alpha value is -1.05. The van der Waals surface area contributed by atoms with Gasteiger partial charge in [-0.1, -0.05) is 27.0 Å². The first-order chi connectivity index (χ1) is 4.68. The average Bonchev–Trinajstić information content (AvgIpc) is 1.93. The fourth-order valence-electron chi connectivity index (χ4n) is 0.211. The van der Waals surface area contributed by atoms with E-state index in [4.69, 9.17) is 5.11 Å². The Morgan fingerprint density at radius 1 is 1.50 bits per heavy atom. The monoisotopic (exact) mass is 141 g/mol. The molecule has 0 rings (SSSR count). The second-order valence-electron chi connectivity index (χ2n) is 1.34. The maximum Gasteiger partial charge on any atom is 0.129 e. The average molecular weight is 141 g/mol. The molecule has 0 heterocycles. The molecule has 0 unspecified atom stereocenters. The van der Waals surface area contributed by atoms with Gasteiger partial charge in [-0.15, -0.1) is 0 Å². The van der Waals surface area contributed by atoms with Crippen molar-refractivity contribution < 1.29 is 5.11 Å². The van der Waals surface area contributed by atoms with Crippen molar-refractivity contribution in [2.75, 3.05) is 0 Å². The van der Waals surface area contributed by atoms with Gasteiger partial charge < -0.3 is 5.11 Å². The quantitative estimate of drug-likeness (QED) is 0.465. The number of allylic oxidation sites excluding steroid dienone is 1. The summed E-state index contributed by atoms with van der Waals surface area (Å²) in [6.07, 6.45) is 1.36. The smallest absolute Gasteiger partial charge is 0.129 e.